The predicted octanol–water partition coefficient (Wildman–Crippen LogP) is 1.23. The molecule has 5 heteroatoms. The third kappa shape index (κ3) is 1.05. The number of carbonyl (C=O) groups is 1. The topological polar surface area (TPSA) is 37.3 Å². The molecule has 0 unspecified atom stereocenters. The minimum Gasteiger partial charge on any atom is -0.385 e. The van der Waals surface area contributed by atoms with Crippen LogP contribution in [0.25, 0.3) is 0 Å². The van der Waals surface area contributed by atoms with Gasteiger partial charge in [0.15, 0.2) is 5.78 Å². The Hall–Kier alpha value is 0.240. The number of rotatable bonds is 0. The Labute approximate surface area is 72.4 Å². The minimum absolute atomic E-state index is 0.0633. The highest BCUT2D eigenvalue weighted by Crippen LogP contribution is 2.32. The Morgan fingerprint density at radius 3 is 2.00 bits per heavy atom. The fourth-order valence-electron chi connectivity index (χ4n) is 0.640. The highest BCUT2D eigenvalue weighted by molar-refractivity contribution is 6.55. The van der Waals surface area contributed by atoms with Crippen LogP contribution in [-0.4, -0.2) is 22.4 Å². The predicted molar refractivity (Wildman–Crippen MR) is 39.4 cm³/mol. The fourth-order valence-corrected chi connectivity index (χ4v) is 1.44. The molecule has 1 aliphatic rings. The van der Waals surface area contributed by atoms with E-state index < -0.39 is 17.3 Å². The van der Waals surface area contributed by atoms with Crippen LogP contribution in [0.4, 0.5) is 0 Å². The molecule has 0 fully saturated rings. The number of allylic oxidation sites excluding steroid dienone is 1. The minimum atomic E-state index is -1.14. The molecule has 1 aliphatic carbocycles. The van der Waals surface area contributed by atoms with Gasteiger partial charge in [0, 0.05) is 0 Å². The standard InChI is InChI=1S/C5H3Cl3O2/c6-1-2(7)5(10)3(8)4(1)9/h3-4,9H/t3-,4+/m0/s1. The molecular formula is C5H3Cl3O2. The SMILES string of the molecule is O=C1C(Cl)=C(Cl)[C@@H](O)[C@@H]1Cl. The van der Waals surface area contributed by atoms with E-state index in [9.17, 15) is 4.79 Å². The molecule has 10 heavy (non-hydrogen) atoms. The van der Waals surface area contributed by atoms with E-state index >= 15 is 0 Å². The summed E-state index contributed by atoms with van der Waals surface area (Å²) in [5.41, 5.74) is 0. The Balaban J connectivity index is 2.99. The third-order valence-electron chi connectivity index (χ3n) is 1.21. The van der Waals surface area contributed by atoms with E-state index in [0.29, 0.717) is 0 Å². The lowest BCUT2D eigenvalue weighted by molar-refractivity contribution is -0.114. The van der Waals surface area contributed by atoms with E-state index in [0.717, 1.165) is 0 Å². The van der Waals surface area contributed by atoms with Crippen LogP contribution in [0.3, 0.4) is 0 Å². The van der Waals surface area contributed by atoms with Gasteiger partial charge in [-0.2, -0.15) is 0 Å². The van der Waals surface area contributed by atoms with Crippen LogP contribution < -0.4 is 0 Å². The summed E-state index contributed by atoms with van der Waals surface area (Å²) in [6.07, 6.45) is -1.14. The second-order valence-corrected chi connectivity index (χ2v) is 3.13. The molecule has 0 aromatic carbocycles. The maximum absolute atomic E-state index is 10.8. The molecule has 2 nitrogen and oxygen atoms in total. The summed E-state index contributed by atoms with van der Waals surface area (Å²) < 4.78 is 0. The first-order valence-corrected chi connectivity index (χ1v) is 3.66. The zero-order chi connectivity index (χ0) is 7.89. The number of alkyl halides is 1. The maximum Gasteiger partial charge on any atom is 0.196 e. The summed E-state index contributed by atoms with van der Waals surface area (Å²) in [5.74, 6) is -0.513. The van der Waals surface area contributed by atoms with Gasteiger partial charge in [0.25, 0.3) is 0 Å². The summed E-state index contributed by atoms with van der Waals surface area (Å²) in [4.78, 5) is 10.8. The molecule has 1 rings (SSSR count). The second-order valence-electron chi connectivity index (χ2n) is 1.87. The molecule has 0 spiro atoms. The lowest BCUT2D eigenvalue weighted by Crippen LogP contribution is -2.21. The highest BCUT2D eigenvalue weighted by Gasteiger charge is 2.38. The molecule has 0 radical (unpaired) electrons. The summed E-state index contributed by atoms with van der Waals surface area (Å²) in [6, 6.07) is 0. The number of aliphatic hydroxyl groups excluding tert-OH is 1. The monoisotopic (exact) mass is 200 g/mol. The van der Waals surface area contributed by atoms with E-state index in [4.69, 9.17) is 39.9 Å². The van der Waals surface area contributed by atoms with E-state index in [-0.39, 0.29) is 10.1 Å². The molecule has 0 bridgehead atoms. The first-order valence-electron chi connectivity index (χ1n) is 2.47. The number of halogens is 3. The van der Waals surface area contributed by atoms with Gasteiger partial charge >= 0.3 is 0 Å². The number of hydrogen-bond donors (Lipinski definition) is 1. The average molecular weight is 201 g/mol. The molecule has 0 amide bonds. The highest BCUT2D eigenvalue weighted by atomic mass is 35.5. The summed E-state index contributed by atoms with van der Waals surface area (Å²) >= 11 is 16.1. The molecule has 0 heterocycles. The number of carbonyl (C=O) groups excluding carboxylic acids is 1. The molecule has 0 saturated carbocycles. The van der Waals surface area contributed by atoms with E-state index in [1.807, 2.05) is 0 Å². The smallest absolute Gasteiger partial charge is 0.196 e. The van der Waals surface area contributed by atoms with Crippen molar-refractivity contribution < 1.29 is 9.90 Å². The van der Waals surface area contributed by atoms with Gasteiger partial charge in [0.2, 0.25) is 0 Å². The van der Waals surface area contributed by atoms with Crippen molar-refractivity contribution in [3.63, 3.8) is 0 Å². The molecule has 0 aromatic rings. The van der Waals surface area contributed by atoms with Crippen molar-refractivity contribution in [2.45, 2.75) is 11.5 Å². The quantitative estimate of drug-likeness (QED) is 0.599. The van der Waals surface area contributed by atoms with Gasteiger partial charge < -0.3 is 5.11 Å². The van der Waals surface area contributed by atoms with Crippen molar-refractivity contribution in [1.82, 2.24) is 0 Å². The molecule has 0 saturated heterocycles. The van der Waals surface area contributed by atoms with Crippen LogP contribution in [0.15, 0.2) is 10.1 Å². The summed E-state index contributed by atoms with van der Waals surface area (Å²) in [7, 11) is 0. The molecule has 2 atom stereocenters. The number of aliphatic hydroxyl groups is 1. The van der Waals surface area contributed by atoms with Gasteiger partial charge in [0.05, 0.1) is 5.03 Å². The largest absolute Gasteiger partial charge is 0.385 e. The molecular weight excluding hydrogens is 198 g/mol. The first-order chi connectivity index (χ1) is 4.55. The van der Waals surface area contributed by atoms with Gasteiger partial charge in [-0.15, -0.1) is 11.6 Å². The van der Waals surface area contributed by atoms with Crippen LogP contribution in [0.2, 0.25) is 0 Å². The summed E-state index contributed by atoms with van der Waals surface area (Å²) in [5, 5.41) is 7.74. The molecule has 0 aliphatic heterocycles. The molecule has 0 aromatic heterocycles. The number of hydrogen-bond acceptors (Lipinski definition) is 2. The van der Waals surface area contributed by atoms with Gasteiger partial charge in [0.1, 0.15) is 16.5 Å². The zero-order valence-electron chi connectivity index (χ0n) is 4.64. The van der Waals surface area contributed by atoms with E-state index in [2.05, 4.69) is 0 Å². The van der Waals surface area contributed by atoms with Crippen molar-refractivity contribution in [1.29, 1.82) is 0 Å². The Kier molecular flexibility index (Phi) is 2.25. The first kappa shape index (κ1) is 8.34. The Morgan fingerprint density at radius 2 is 1.90 bits per heavy atom. The lowest BCUT2D eigenvalue weighted by atomic mass is 10.3. The molecule has 56 valence electrons. The van der Waals surface area contributed by atoms with Crippen LogP contribution in [-0.2, 0) is 4.79 Å². The maximum atomic E-state index is 10.8. The third-order valence-corrected chi connectivity index (χ3v) is 2.55. The number of Topliss-reactive ketones (excluding diaryl/α,β-unsaturated/α-hetero) is 1. The van der Waals surface area contributed by atoms with Crippen LogP contribution >= 0.6 is 34.8 Å². The van der Waals surface area contributed by atoms with E-state index in [1.165, 1.54) is 0 Å². The van der Waals surface area contributed by atoms with Gasteiger partial charge in [-0.25, -0.2) is 0 Å². The van der Waals surface area contributed by atoms with Gasteiger partial charge in [-0.05, 0) is 0 Å². The van der Waals surface area contributed by atoms with Crippen molar-refractivity contribution >= 4 is 40.6 Å². The van der Waals surface area contributed by atoms with Crippen LogP contribution in [0, 0.1) is 0 Å². The van der Waals surface area contributed by atoms with Gasteiger partial charge in [-0.1, -0.05) is 23.2 Å². The van der Waals surface area contributed by atoms with Crippen molar-refractivity contribution in [3.05, 3.63) is 10.1 Å². The lowest BCUT2D eigenvalue weighted by Gasteiger charge is -2.02. The van der Waals surface area contributed by atoms with Gasteiger partial charge in [-0.3, -0.25) is 4.79 Å². The molecule has 1 N–H and O–H groups in total. The normalized spacial score (nSPS) is 33.8. The summed E-state index contributed by atoms with van der Waals surface area (Å²) in [6.45, 7) is 0. The van der Waals surface area contributed by atoms with Crippen LogP contribution in [0.5, 0.6) is 0 Å². The second kappa shape index (κ2) is 2.70. The van der Waals surface area contributed by atoms with Crippen LogP contribution in [0.1, 0.15) is 0 Å². The fraction of sp³-hybridized carbons (Fsp3) is 0.400. The Morgan fingerprint density at radius 1 is 1.40 bits per heavy atom. The number of ketones is 1. The Bertz CT molecular complexity index is 211. The zero-order valence-corrected chi connectivity index (χ0v) is 6.91. The van der Waals surface area contributed by atoms with Crippen molar-refractivity contribution in [3.8, 4) is 0 Å². The van der Waals surface area contributed by atoms with E-state index in [1.54, 1.807) is 0 Å². The van der Waals surface area contributed by atoms with Crippen molar-refractivity contribution in [2.75, 3.05) is 0 Å². The average Bonchev–Trinajstić information content (AvgIpc) is 2.07. The van der Waals surface area contributed by atoms with Crippen molar-refractivity contribution in [2.24, 2.45) is 0 Å².